The second-order valence-electron chi connectivity index (χ2n) is 7.61. The highest BCUT2D eigenvalue weighted by atomic mass is 16.5. The van der Waals surface area contributed by atoms with Gasteiger partial charge in [-0.3, -0.25) is 0 Å². The van der Waals surface area contributed by atoms with Crippen LogP contribution in [0.2, 0.25) is 0 Å². The van der Waals surface area contributed by atoms with Crippen LogP contribution >= 0.6 is 0 Å². The van der Waals surface area contributed by atoms with E-state index in [4.69, 9.17) is 14.2 Å². The Balaban J connectivity index is 0.00000254. The van der Waals surface area contributed by atoms with E-state index in [2.05, 4.69) is 39.5 Å². The first-order chi connectivity index (χ1) is 11.3. The predicted molar refractivity (Wildman–Crippen MR) is 103 cm³/mol. The van der Waals surface area contributed by atoms with Crippen LogP contribution < -0.4 is 0 Å². The SMILES string of the molecule is CC.CCN1CCC(OC(C)(C)CCOC(C)(C)CCOC)CC1. The summed E-state index contributed by atoms with van der Waals surface area (Å²) in [5, 5.41) is 0. The van der Waals surface area contributed by atoms with Crippen molar-refractivity contribution in [3.05, 3.63) is 0 Å². The van der Waals surface area contributed by atoms with Crippen LogP contribution in [0.3, 0.4) is 0 Å². The van der Waals surface area contributed by atoms with Gasteiger partial charge in [0.15, 0.2) is 0 Å². The summed E-state index contributed by atoms with van der Waals surface area (Å²) in [6.07, 6.45) is 4.55. The molecule has 0 bridgehead atoms. The molecule has 1 fully saturated rings. The number of likely N-dealkylation sites (tertiary alicyclic amines) is 1. The number of nitrogens with zero attached hydrogens (tertiary/aromatic N) is 1. The second kappa shape index (κ2) is 12.2. The highest BCUT2D eigenvalue weighted by Gasteiger charge is 2.27. The Morgan fingerprint density at radius 1 is 0.917 bits per heavy atom. The minimum atomic E-state index is -0.126. The maximum absolute atomic E-state index is 6.34. The van der Waals surface area contributed by atoms with Gasteiger partial charge in [0, 0.05) is 26.8 Å². The van der Waals surface area contributed by atoms with Gasteiger partial charge in [0.1, 0.15) is 0 Å². The molecule has 0 aliphatic carbocycles. The van der Waals surface area contributed by atoms with E-state index < -0.39 is 0 Å². The quantitative estimate of drug-likeness (QED) is 0.583. The molecule has 0 amide bonds. The third kappa shape index (κ3) is 10.7. The standard InChI is InChI=1S/C18H37NO3.C2H6/c1-7-19-12-8-16(9-13-19)22-18(4,5)11-15-21-17(2,3)10-14-20-6;1-2/h16H,7-15H2,1-6H3;1-2H3. The topological polar surface area (TPSA) is 30.9 Å². The molecule has 0 atom stereocenters. The van der Waals surface area contributed by atoms with Crippen LogP contribution in [-0.2, 0) is 14.2 Å². The zero-order valence-electron chi connectivity index (χ0n) is 17.6. The minimum Gasteiger partial charge on any atom is -0.385 e. The van der Waals surface area contributed by atoms with Crippen molar-refractivity contribution in [1.82, 2.24) is 4.90 Å². The highest BCUT2D eigenvalue weighted by Crippen LogP contribution is 2.24. The Morgan fingerprint density at radius 2 is 1.46 bits per heavy atom. The third-order valence-corrected chi connectivity index (χ3v) is 4.57. The highest BCUT2D eigenvalue weighted by molar-refractivity contribution is 4.78. The lowest BCUT2D eigenvalue weighted by molar-refractivity contribution is -0.117. The molecule has 0 aromatic rings. The fraction of sp³-hybridized carbons (Fsp3) is 1.00. The summed E-state index contributed by atoms with van der Waals surface area (Å²) in [7, 11) is 1.73. The summed E-state index contributed by atoms with van der Waals surface area (Å²) in [6.45, 7) is 19.8. The fourth-order valence-corrected chi connectivity index (χ4v) is 2.85. The van der Waals surface area contributed by atoms with Crippen molar-refractivity contribution in [3.63, 3.8) is 0 Å². The molecule has 0 N–H and O–H groups in total. The Labute approximate surface area is 151 Å². The largest absolute Gasteiger partial charge is 0.385 e. The molecule has 0 unspecified atom stereocenters. The first kappa shape index (κ1) is 23.8. The molecule has 1 aliphatic rings. The normalized spacial score (nSPS) is 17.5. The van der Waals surface area contributed by atoms with Crippen LogP contribution in [-0.4, -0.2) is 62.2 Å². The molecule has 1 heterocycles. The number of methoxy groups -OCH3 is 1. The molecule has 4 heteroatoms. The van der Waals surface area contributed by atoms with E-state index in [1.807, 2.05) is 13.8 Å². The van der Waals surface area contributed by atoms with E-state index in [1.165, 1.54) is 0 Å². The lowest BCUT2D eigenvalue weighted by Crippen LogP contribution is -2.41. The molecule has 24 heavy (non-hydrogen) atoms. The van der Waals surface area contributed by atoms with E-state index in [0.29, 0.717) is 6.10 Å². The minimum absolute atomic E-state index is 0.115. The lowest BCUT2D eigenvalue weighted by Gasteiger charge is -2.37. The fourth-order valence-electron chi connectivity index (χ4n) is 2.85. The molecule has 1 aliphatic heterocycles. The molecule has 146 valence electrons. The predicted octanol–water partition coefficient (Wildman–Crippen LogP) is 4.51. The average molecular weight is 346 g/mol. The van der Waals surface area contributed by atoms with Gasteiger partial charge < -0.3 is 19.1 Å². The molecule has 0 saturated carbocycles. The second-order valence-corrected chi connectivity index (χ2v) is 7.61. The van der Waals surface area contributed by atoms with Crippen LogP contribution in [0.5, 0.6) is 0 Å². The first-order valence-corrected chi connectivity index (χ1v) is 9.81. The Hall–Kier alpha value is -0.160. The summed E-state index contributed by atoms with van der Waals surface area (Å²) in [5.41, 5.74) is -0.241. The molecule has 1 rings (SSSR count). The number of ether oxygens (including phenoxy) is 3. The molecule has 4 nitrogen and oxygen atoms in total. The van der Waals surface area contributed by atoms with Crippen molar-refractivity contribution >= 4 is 0 Å². The van der Waals surface area contributed by atoms with Crippen molar-refractivity contribution in [2.24, 2.45) is 0 Å². The van der Waals surface area contributed by atoms with Gasteiger partial charge in [-0.25, -0.2) is 0 Å². The maximum Gasteiger partial charge on any atom is 0.0652 e. The monoisotopic (exact) mass is 345 g/mol. The van der Waals surface area contributed by atoms with E-state index in [9.17, 15) is 0 Å². The van der Waals surface area contributed by atoms with Crippen LogP contribution in [0.15, 0.2) is 0 Å². The van der Waals surface area contributed by atoms with E-state index in [-0.39, 0.29) is 11.2 Å². The van der Waals surface area contributed by atoms with Crippen LogP contribution in [0, 0.1) is 0 Å². The number of hydrogen-bond acceptors (Lipinski definition) is 4. The number of piperidine rings is 1. The van der Waals surface area contributed by atoms with E-state index in [0.717, 1.165) is 58.5 Å². The summed E-state index contributed by atoms with van der Waals surface area (Å²) < 4.78 is 17.5. The van der Waals surface area contributed by atoms with Gasteiger partial charge in [0.2, 0.25) is 0 Å². The zero-order valence-corrected chi connectivity index (χ0v) is 17.6. The third-order valence-electron chi connectivity index (χ3n) is 4.57. The average Bonchev–Trinajstić information content (AvgIpc) is 2.55. The molecule has 1 saturated heterocycles. The van der Waals surface area contributed by atoms with Crippen LogP contribution in [0.1, 0.15) is 74.1 Å². The van der Waals surface area contributed by atoms with Crippen molar-refractivity contribution in [2.75, 3.05) is 40.0 Å². The van der Waals surface area contributed by atoms with Crippen molar-refractivity contribution in [1.29, 1.82) is 0 Å². The van der Waals surface area contributed by atoms with Crippen molar-refractivity contribution in [2.45, 2.75) is 91.5 Å². The summed E-state index contributed by atoms with van der Waals surface area (Å²) >= 11 is 0. The van der Waals surface area contributed by atoms with Gasteiger partial charge >= 0.3 is 0 Å². The Bertz CT molecular complexity index is 297. The molecular formula is C20H43NO3. The van der Waals surface area contributed by atoms with Crippen LogP contribution in [0.4, 0.5) is 0 Å². The van der Waals surface area contributed by atoms with Crippen LogP contribution in [0.25, 0.3) is 0 Å². The number of hydrogen-bond donors (Lipinski definition) is 0. The van der Waals surface area contributed by atoms with Crippen molar-refractivity contribution < 1.29 is 14.2 Å². The lowest BCUT2D eigenvalue weighted by atomic mass is 10.0. The summed E-state index contributed by atoms with van der Waals surface area (Å²) in [5.74, 6) is 0. The van der Waals surface area contributed by atoms with Gasteiger partial charge in [-0.15, -0.1) is 0 Å². The number of rotatable bonds is 10. The van der Waals surface area contributed by atoms with E-state index in [1.54, 1.807) is 7.11 Å². The first-order valence-electron chi connectivity index (χ1n) is 9.81. The molecule has 0 radical (unpaired) electrons. The molecule has 0 aromatic carbocycles. The van der Waals surface area contributed by atoms with Gasteiger partial charge in [-0.05, 0) is 59.9 Å². The smallest absolute Gasteiger partial charge is 0.0652 e. The van der Waals surface area contributed by atoms with Gasteiger partial charge in [0.05, 0.1) is 23.9 Å². The molecular weight excluding hydrogens is 302 g/mol. The van der Waals surface area contributed by atoms with Gasteiger partial charge in [-0.1, -0.05) is 20.8 Å². The summed E-state index contributed by atoms with van der Waals surface area (Å²) in [6, 6.07) is 0. The van der Waals surface area contributed by atoms with Crippen molar-refractivity contribution in [3.8, 4) is 0 Å². The molecule has 0 aromatic heterocycles. The maximum atomic E-state index is 6.34. The van der Waals surface area contributed by atoms with Gasteiger partial charge in [-0.2, -0.15) is 0 Å². The summed E-state index contributed by atoms with van der Waals surface area (Å²) in [4.78, 5) is 2.49. The Kier molecular flexibility index (Phi) is 12.2. The van der Waals surface area contributed by atoms with E-state index >= 15 is 0 Å². The van der Waals surface area contributed by atoms with Gasteiger partial charge in [0.25, 0.3) is 0 Å². The Morgan fingerprint density at radius 3 is 1.96 bits per heavy atom. The zero-order chi connectivity index (χ0) is 18.6. The molecule has 0 spiro atoms.